The van der Waals surface area contributed by atoms with E-state index in [1.54, 1.807) is 0 Å². The van der Waals surface area contributed by atoms with Crippen LogP contribution in [-0.2, 0) is 9.53 Å². The van der Waals surface area contributed by atoms with E-state index >= 15 is 0 Å². The van der Waals surface area contributed by atoms with Crippen molar-refractivity contribution < 1.29 is 14.6 Å². The maximum atomic E-state index is 10.7. The number of benzene rings is 1. The zero-order chi connectivity index (χ0) is 14.8. The number of ether oxygens (including phenoxy) is 1. The fraction of sp³-hybridized carbons (Fsp3) is 0.562. The molecule has 0 aliphatic heterocycles. The highest BCUT2D eigenvalue weighted by molar-refractivity contribution is 6.30. The minimum absolute atomic E-state index is 0.162. The zero-order valence-electron chi connectivity index (χ0n) is 12.0. The lowest BCUT2D eigenvalue weighted by Gasteiger charge is -2.17. The molecule has 0 aliphatic carbocycles. The van der Waals surface area contributed by atoms with E-state index in [0.29, 0.717) is 5.02 Å². The van der Waals surface area contributed by atoms with E-state index in [1.807, 2.05) is 24.3 Å². The SMILES string of the molecule is CCCCCCCC(OCC(=O)O)c1ccc(Cl)cc1. The van der Waals surface area contributed by atoms with Crippen molar-refractivity contribution >= 4 is 17.6 Å². The number of unbranched alkanes of at least 4 members (excludes halogenated alkanes) is 4. The van der Waals surface area contributed by atoms with Gasteiger partial charge in [0.2, 0.25) is 0 Å². The van der Waals surface area contributed by atoms with E-state index in [9.17, 15) is 4.79 Å². The van der Waals surface area contributed by atoms with Gasteiger partial charge in [0.05, 0.1) is 6.10 Å². The fourth-order valence-corrected chi connectivity index (χ4v) is 2.25. The van der Waals surface area contributed by atoms with Crippen LogP contribution in [0.4, 0.5) is 0 Å². The summed E-state index contributed by atoms with van der Waals surface area (Å²) in [6.45, 7) is 1.93. The topological polar surface area (TPSA) is 46.5 Å². The van der Waals surface area contributed by atoms with Gasteiger partial charge in [0.1, 0.15) is 6.61 Å². The van der Waals surface area contributed by atoms with Gasteiger partial charge >= 0.3 is 5.97 Å². The van der Waals surface area contributed by atoms with Crippen LogP contribution in [0.1, 0.15) is 57.1 Å². The van der Waals surface area contributed by atoms with Gasteiger partial charge in [-0.15, -0.1) is 0 Å². The van der Waals surface area contributed by atoms with Gasteiger partial charge in [-0.25, -0.2) is 4.79 Å². The van der Waals surface area contributed by atoms with Crippen LogP contribution in [0.15, 0.2) is 24.3 Å². The number of carbonyl (C=O) groups is 1. The Kier molecular flexibility index (Phi) is 8.31. The molecule has 0 saturated heterocycles. The Hall–Kier alpha value is -1.06. The molecule has 1 aromatic rings. The predicted octanol–water partition coefficient (Wildman–Crippen LogP) is 4.84. The molecule has 0 radical (unpaired) electrons. The van der Waals surface area contributed by atoms with Gasteiger partial charge in [0.15, 0.2) is 0 Å². The van der Waals surface area contributed by atoms with Gasteiger partial charge in [0.25, 0.3) is 0 Å². The molecule has 1 N–H and O–H groups in total. The molecule has 0 saturated carbocycles. The van der Waals surface area contributed by atoms with Crippen molar-refractivity contribution in [2.24, 2.45) is 0 Å². The van der Waals surface area contributed by atoms with E-state index < -0.39 is 5.97 Å². The minimum atomic E-state index is -0.935. The van der Waals surface area contributed by atoms with Gasteiger partial charge in [-0.3, -0.25) is 0 Å². The van der Waals surface area contributed by atoms with Gasteiger partial charge in [0, 0.05) is 5.02 Å². The van der Waals surface area contributed by atoms with Crippen molar-refractivity contribution in [1.29, 1.82) is 0 Å². The molecule has 4 heteroatoms. The summed E-state index contributed by atoms with van der Waals surface area (Å²) in [5, 5.41) is 9.42. The zero-order valence-corrected chi connectivity index (χ0v) is 12.7. The summed E-state index contributed by atoms with van der Waals surface area (Å²) in [5.74, 6) is -0.935. The first-order valence-corrected chi connectivity index (χ1v) is 7.60. The Morgan fingerprint density at radius 1 is 1.20 bits per heavy atom. The lowest BCUT2D eigenvalue weighted by molar-refractivity contribution is -0.144. The second-order valence-electron chi connectivity index (χ2n) is 4.95. The van der Waals surface area contributed by atoms with E-state index in [2.05, 4.69) is 6.92 Å². The summed E-state index contributed by atoms with van der Waals surface area (Å²) < 4.78 is 5.49. The molecular formula is C16H23ClO3. The van der Waals surface area contributed by atoms with Crippen LogP contribution in [0.25, 0.3) is 0 Å². The molecule has 0 aromatic heterocycles. The number of halogens is 1. The molecule has 1 unspecified atom stereocenters. The molecule has 0 spiro atoms. The fourth-order valence-electron chi connectivity index (χ4n) is 2.13. The highest BCUT2D eigenvalue weighted by Crippen LogP contribution is 2.25. The highest BCUT2D eigenvalue weighted by atomic mass is 35.5. The lowest BCUT2D eigenvalue weighted by atomic mass is 10.0. The first-order chi connectivity index (χ1) is 9.63. The third-order valence-corrected chi connectivity index (χ3v) is 3.47. The number of carboxylic acid groups (broad SMARTS) is 1. The smallest absolute Gasteiger partial charge is 0.329 e. The Balaban J connectivity index is 2.51. The van der Waals surface area contributed by atoms with Crippen molar-refractivity contribution in [3.05, 3.63) is 34.9 Å². The average molecular weight is 299 g/mol. The number of aliphatic carboxylic acids is 1. The summed E-state index contributed by atoms with van der Waals surface area (Å²) in [4.78, 5) is 10.7. The van der Waals surface area contributed by atoms with Crippen molar-refractivity contribution in [3.8, 4) is 0 Å². The molecule has 0 aliphatic rings. The van der Waals surface area contributed by atoms with E-state index in [-0.39, 0.29) is 12.7 Å². The maximum Gasteiger partial charge on any atom is 0.329 e. The monoisotopic (exact) mass is 298 g/mol. The van der Waals surface area contributed by atoms with Crippen LogP contribution in [0, 0.1) is 0 Å². The normalized spacial score (nSPS) is 12.3. The van der Waals surface area contributed by atoms with Crippen LogP contribution in [-0.4, -0.2) is 17.7 Å². The Bertz CT molecular complexity index is 389. The first kappa shape index (κ1) is 17.0. The molecule has 0 heterocycles. The van der Waals surface area contributed by atoms with Crippen molar-refractivity contribution in [2.75, 3.05) is 6.61 Å². The van der Waals surface area contributed by atoms with Crippen LogP contribution in [0.2, 0.25) is 5.02 Å². The molecule has 1 atom stereocenters. The largest absolute Gasteiger partial charge is 0.480 e. The summed E-state index contributed by atoms with van der Waals surface area (Å²) in [5.41, 5.74) is 0.992. The Morgan fingerprint density at radius 3 is 2.45 bits per heavy atom. The van der Waals surface area contributed by atoms with E-state index in [0.717, 1.165) is 24.8 Å². The van der Waals surface area contributed by atoms with Crippen LogP contribution in [0.3, 0.4) is 0 Å². The van der Waals surface area contributed by atoms with Crippen LogP contribution in [0.5, 0.6) is 0 Å². The van der Waals surface area contributed by atoms with Crippen molar-refractivity contribution in [1.82, 2.24) is 0 Å². The molecule has 0 bridgehead atoms. The molecule has 112 valence electrons. The second-order valence-corrected chi connectivity index (χ2v) is 5.38. The molecule has 1 rings (SSSR count). The number of hydrogen-bond donors (Lipinski definition) is 1. The Labute approximate surface area is 125 Å². The van der Waals surface area contributed by atoms with E-state index in [1.165, 1.54) is 19.3 Å². The summed E-state index contributed by atoms with van der Waals surface area (Å²) in [7, 11) is 0. The third kappa shape index (κ3) is 6.92. The number of carboxylic acids is 1. The number of hydrogen-bond acceptors (Lipinski definition) is 2. The Morgan fingerprint density at radius 2 is 1.85 bits per heavy atom. The molecule has 0 fully saturated rings. The molecule has 1 aromatic carbocycles. The van der Waals surface area contributed by atoms with Gasteiger partial charge < -0.3 is 9.84 Å². The van der Waals surface area contributed by atoms with Gasteiger partial charge in [-0.05, 0) is 24.1 Å². The van der Waals surface area contributed by atoms with Gasteiger partial charge in [-0.1, -0.05) is 62.8 Å². The molecule has 3 nitrogen and oxygen atoms in total. The molecule has 0 amide bonds. The summed E-state index contributed by atoms with van der Waals surface area (Å²) in [6, 6.07) is 7.43. The molecular weight excluding hydrogens is 276 g/mol. The summed E-state index contributed by atoms with van der Waals surface area (Å²) >= 11 is 5.87. The molecule has 20 heavy (non-hydrogen) atoms. The maximum absolute atomic E-state index is 10.7. The second kappa shape index (κ2) is 9.78. The summed E-state index contributed by atoms with van der Waals surface area (Å²) in [6.07, 6.45) is 6.59. The number of rotatable bonds is 10. The third-order valence-electron chi connectivity index (χ3n) is 3.22. The van der Waals surface area contributed by atoms with Gasteiger partial charge in [-0.2, -0.15) is 0 Å². The standard InChI is InChI=1S/C16H23ClO3/c1-2-3-4-5-6-7-15(20-12-16(18)19)13-8-10-14(17)11-9-13/h8-11,15H,2-7,12H2,1H3,(H,18,19). The minimum Gasteiger partial charge on any atom is -0.480 e. The van der Waals surface area contributed by atoms with Crippen molar-refractivity contribution in [3.63, 3.8) is 0 Å². The average Bonchev–Trinajstić information content (AvgIpc) is 2.43. The predicted molar refractivity (Wildman–Crippen MR) is 81.2 cm³/mol. The van der Waals surface area contributed by atoms with Crippen molar-refractivity contribution in [2.45, 2.75) is 51.6 Å². The lowest BCUT2D eigenvalue weighted by Crippen LogP contribution is -2.12. The highest BCUT2D eigenvalue weighted by Gasteiger charge is 2.13. The first-order valence-electron chi connectivity index (χ1n) is 7.22. The van der Waals surface area contributed by atoms with Crippen LogP contribution >= 0.6 is 11.6 Å². The quantitative estimate of drug-likeness (QED) is 0.629. The van der Waals surface area contributed by atoms with E-state index in [4.69, 9.17) is 21.4 Å². The van der Waals surface area contributed by atoms with Crippen LogP contribution < -0.4 is 0 Å².